The van der Waals surface area contributed by atoms with Crippen molar-refractivity contribution in [1.29, 1.82) is 0 Å². The maximum Gasteiger partial charge on any atom is 0.226 e. The average molecular weight is 264 g/mol. The quantitative estimate of drug-likeness (QED) is 0.830. The van der Waals surface area contributed by atoms with E-state index in [4.69, 9.17) is 0 Å². The van der Waals surface area contributed by atoms with Crippen LogP contribution < -0.4 is 5.32 Å². The Morgan fingerprint density at radius 2 is 1.53 bits per heavy atom. The van der Waals surface area contributed by atoms with Gasteiger partial charge in [0.1, 0.15) is 0 Å². The Bertz CT molecular complexity index is 376. The molecule has 3 nitrogen and oxygen atoms in total. The van der Waals surface area contributed by atoms with E-state index in [1.807, 2.05) is 7.05 Å². The number of carbonyl (C=O) groups excluding carboxylic acids is 1. The van der Waals surface area contributed by atoms with E-state index in [2.05, 4.69) is 37.9 Å². The van der Waals surface area contributed by atoms with Crippen molar-refractivity contribution in [2.75, 3.05) is 7.05 Å². The molecule has 2 bridgehead atoms. The maximum atomic E-state index is 12.8. The Morgan fingerprint density at radius 3 is 1.95 bits per heavy atom. The third-order valence-corrected chi connectivity index (χ3v) is 6.61. The molecule has 3 fully saturated rings. The van der Waals surface area contributed by atoms with E-state index in [0.29, 0.717) is 24.0 Å². The fourth-order valence-corrected chi connectivity index (χ4v) is 4.54. The molecule has 1 aliphatic carbocycles. The van der Waals surface area contributed by atoms with Gasteiger partial charge in [-0.1, -0.05) is 27.7 Å². The molecule has 0 aromatic rings. The zero-order valence-corrected chi connectivity index (χ0v) is 13.0. The molecule has 2 aliphatic heterocycles. The van der Waals surface area contributed by atoms with Crippen molar-refractivity contribution in [2.45, 2.75) is 71.5 Å². The van der Waals surface area contributed by atoms with Crippen molar-refractivity contribution >= 4 is 5.91 Å². The zero-order valence-electron chi connectivity index (χ0n) is 13.0. The number of piperidine rings is 1. The predicted octanol–water partition coefficient (Wildman–Crippen LogP) is 2.41. The highest BCUT2D eigenvalue weighted by molar-refractivity contribution is 5.84. The normalized spacial score (nSPS) is 39.1. The van der Waals surface area contributed by atoms with Crippen LogP contribution in [-0.4, -0.2) is 36.0 Å². The van der Waals surface area contributed by atoms with Crippen LogP contribution in [0.5, 0.6) is 0 Å². The van der Waals surface area contributed by atoms with Crippen LogP contribution in [0.2, 0.25) is 0 Å². The van der Waals surface area contributed by atoms with E-state index in [-0.39, 0.29) is 16.7 Å². The van der Waals surface area contributed by atoms with E-state index in [1.54, 1.807) is 0 Å². The third kappa shape index (κ3) is 1.84. The van der Waals surface area contributed by atoms with Gasteiger partial charge in [0, 0.05) is 31.1 Å². The van der Waals surface area contributed by atoms with Crippen LogP contribution in [0.1, 0.15) is 53.4 Å². The SMILES string of the molecule is CN(C(=O)C1C(C)(C)C1(C)C)C1CC2CCC(C1)N2. The summed E-state index contributed by atoms with van der Waals surface area (Å²) in [5, 5.41) is 3.65. The van der Waals surface area contributed by atoms with Crippen molar-refractivity contribution in [3.63, 3.8) is 0 Å². The number of hydrogen-bond acceptors (Lipinski definition) is 2. The van der Waals surface area contributed by atoms with E-state index in [0.717, 1.165) is 12.8 Å². The highest BCUT2D eigenvalue weighted by atomic mass is 16.2. The molecule has 0 spiro atoms. The van der Waals surface area contributed by atoms with Crippen molar-refractivity contribution in [1.82, 2.24) is 10.2 Å². The van der Waals surface area contributed by atoms with Crippen molar-refractivity contribution in [3.05, 3.63) is 0 Å². The van der Waals surface area contributed by atoms with Crippen LogP contribution in [0.3, 0.4) is 0 Å². The highest BCUT2D eigenvalue weighted by Gasteiger charge is 2.68. The molecule has 2 atom stereocenters. The summed E-state index contributed by atoms with van der Waals surface area (Å²) in [6.07, 6.45) is 4.88. The molecule has 1 amide bonds. The smallest absolute Gasteiger partial charge is 0.226 e. The molecule has 108 valence electrons. The second kappa shape index (κ2) is 3.97. The van der Waals surface area contributed by atoms with Gasteiger partial charge >= 0.3 is 0 Å². The van der Waals surface area contributed by atoms with Crippen molar-refractivity contribution < 1.29 is 4.79 Å². The number of carbonyl (C=O) groups is 1. The summed E-state index contributed by atoms with van der Waals surface area (Å²) < 4.78 is 0. The lowest BCUT2D eigenvalue weighted by Crippen LogP contribution is -2.49. The summed E-state index contributed by atoms with van der Waals surface area (Å²) in [6.45, 7) is 8.93. The largest absolute Gasteiger partial charge is 0.342 e. The van der Waals surface area contributed by atoms with Gasteiger partial charge in [0.2, 0.25) is 5.91 Å². The number of nitrogens with zero attached hydrogens (tertiary/aromatic N) is 1. The summed E-state index contributed by atoms with van der Waals surface area (Å²) >= 11 is 0. The van der Waals surface area contributed by atoms with Gasteiger partial charge in [0.25, 0.3) is 0 Å². The molecule has 3 rings (SSSR count). The first kappa shape index (κ1) is 13.4. The summed E-state index contributed by atoms with van der Waals surface area (Å²) in [4.78, 5) is 14.9. The molecule has 2 unspecified atom stereocenters. The average Bonchev–Trinajstić information content (AvgIpc) is 2.59. The standard InChI is InChI=1S/C16H28N2O/c1-15(2)13(16(15,3)4)14(19)18(5)12-8-10-6-7-11(9-12)17-10/h10-13,17H,6-9H2,1-5H3. The minimum absolute atomic E-state index is 0.157. The van der Waals surface area contributed by atoms with Gasteiger partial charge in [0.15, 0.2) is 0 Å². The molecule has 1 N–H and O–H groups in total. The molecule has 19 heavy (non-hydrogen) atoms. The topological polar surface area (TPSA) is 32.3 Å². The summed E-state index contributed by atoms with van der Waals surface area (Å²) in [5.41, 5.74) is 0.314. The van der Waals surface area contributed by atoms with Crippen LogP contribution in [0.4, 0.5) is 0 Å². The Hall–Kier alpha value is -0.570. The number of rotatable bonds is 2. The Labute approximate surface area is 117 Å². The van der Waals surface area contributed by atoms with Crippen LogP contribution in [0, 0.1) is 16.7 Å². The molecule has 1 saturated carbocycles. The minimum atomic E-state index is 0.157. The van der Waals surface area contributed by atoms with Gasteiger partial charge in [0.05, 0.1) is 0 Å². The van der Waals surface area contributed by atoms with Gasteiger partial charge < -0.3 is 10.2 Å². The second-order valence-corrected chi connectivity index (χ2v) is 8.09. The monoisotopic (exact) mass is 264 g/mol. The third-order valence-electron chi connectivity index (χ3n) is 6.61. The number of nitrogens with one attached hydrogen (secondary N) is 1. The fourth-order valence-electron chi connectivity index (χ4n) is 4.54. The van der Waals surface area contributed by atoms with Crippen molar-refractivity contribution in [3.8, 4) is 0 Å². The summed E-state index contributed by atoms with van der Waals surface area (Å²) in [6, 6.07) is 1.76. The van der Waals surface area contributed by atoms with Gasteiger partial charge in [-0.05, 0) is 36.5 Å². The lowest BCUT2D eigenvalue weighted by atomic mass is 9.97. The lowest BCUT2D eigenvalue weighted by Gasteiger charge is -2.36. The zero-order chi connectivity index (χ0) is 14.0. The first-order valence-corrected chi connectivity index (χ1v) is 7.78. The Morgan fingerprint density at radius 1 is 1.05 bits per heavy atom. The Kier molecular flexibility index (Phi) is 2.80. The van der Waals surface area contributed by atoms with Crippen LogP contribution >= 0.6 is 0 Å². The minimum Gasteiger partial charge on any atom is -0.342 e. The summed E-state index contributed by atoms with van der Waals surface area (Å²) in [5.74, 6) is 0.582. The van der Waals surface area contributed by atoms with E-state index in [9.17, 15) is 4.79 Å². The number of fused-ring (bicyclic) bond motifs is 2. The lowest BCUT2D eigenvalue weighted by molar-refractivity contribution is -0.135. The molecular weight excluding hydrogens is 236 g/mol. The molecule has 0 aromatic carbocycles. The second-order valence-electron chi connectivity index (χ2n) is 8.09. The molecule has 3 aliphatic rings. The molecular formula is C16H28N2O. The van der Waals surface area contributed by atoms with E-state index < -0.39 is 0 Å². The Balaban J connectivity index is 1.68. The van der Waals surface area contributed by atoms with Gasteiger partial charge in [-0.25, -0.2) is 0 Å². The highest BCUT2D eigenvalue weighted by Crippen LogP contribution is 2.68. The first-order chi connectivity index (χ1) is 8.75. The van der Waals surface area contributed by atoms with Crippen LogP contribution in [0.15, 0.2) is 0 Å². The summed E-state index contributed by atoms with van der Waals surface area (Å²) in [7, 11) is 2.03. The van der Waals surface area contributed by atoms with Crippen LogP contribution in [0.25, 0.3) is 0 Å². The number of hydrogen-bond donors (Lipinski definition) is 1. The van der Waals surface area contributed by atoms with E-state index in [1.165, 1.54) is 12.8 Å². The maximum absolute atomic E-state index is 12.8. The molecule has 0 radical (unpaired) electrons. The number of amides is 1. The molecule has 2 saturated heterocycles. The molecule has 0 aromatic heterocycles. The van der Waals surface area contributed by atoms with Gasteiger partial charge in [-0.15, -0.1) is 0 Å². The van der Waals surface area contributed by atoms with Crippen LogP contribution in [-0.2, 0) is 4.79 Å². The fraction of sp³-hybridized carbons (Fsp3) is 0.938. The van der Waals surface area contributed by atoms with Gasteiger partial charge in [-0.2, -0.15) is 0 Å². The van der Waals surface area contributed by atoms with Crippen molar-refractivity contribution in [2.24, 2.45) is 16.7 Å². The molecule has 2 heterocycles. The molecule has 3 heteroatoms. The van der Waals surface area contributed by atoms with E-state index >= 15 is 0 Å². The first-order valence-electron chi connectivity index (χ1n) is 7.78. The predicted molar refractivity (Wildman–Crippen MR) is 76.8 cm³/mol. The van der Waals surface area contributed by atoms with Gasteiger partial charge in [-0.3, -0.25) is 4.79 Å².